The molecule has 2 heterocycles. The molecular weight excluding hydrogens is 220 g/mol. The van der Waals surface area contributed by atoms with Gasteiger partial charge in [-0.2, -0.15) is 0 Å². The topological polar surface area (TPSA) is 45.8 Å². The fraction of sp³-hybridized carbons (Fsp3) is 0.333. The van der Waals surface area contributed by atoms with E-state index >= 15 is 0 Å². The van der Waals surface area contributed by atoms with Gasteiger partial charge in [-0.1, -0.05) is 0 Å². The third-order valence-electron chi connectivity index (χ3n) is 2.90. The molecule has 0 radical (unpaired) electrons. The molecule has 0 bridgehead atoms. The van der Waals surface area contributed by atoms with Crippen LogP contribution in [0.1, 0.15) is 32.4 Å². The van der Waals surface area contributed by atoms with E-state index in [0.29, 0.717) is 6.42 Å². The van der Waals surface area contributed by atoms with Gasteiger partial charge in [-0.05, 0) is 30.9 Å². The average Bonchev–Trinajstić information content (AvgIpc) is 2.91. The highest BCUT2D eigenvalue weighted by Crippen LogP contribution is 2.31. The predicted octanol–water partition coefficient (Wildman–Crippen LogP) is 2.39. The molecule has 0 aromatic carbocycles. The maximum absolute atomic E-state index is 12.0. The number of ketones is 1. The summed E-state index contributed by atoms with van der Waals surface area (Å²) in [5.74, 6) is 0.924. The Balaban J connectivity index is 1.79. The second kappa shape index (κ2) is 3.87. The summed E-state index contributed by atoms with van der Waals surface area (Å²) in [6, 6.07) is 2.07. The lowest BCUT2D eigenvalue weighted by Crippen LogP contribution is -2.02. The molecule has 0 spiro atoms. The number of H-pyrrole nitrogens is 1. The van der Waals surface area contributed by atoms with E-state index in [0.717, 1.165) is 23.5 Å². The second-order valence-corrected chi connectivity index (χ2v) is 5.19. The van der Waals surface area contributed by atoms with Crippen molar-refractivity contribution in [2.24, 2.45) is 0 Å². The van der Waals surface area contributed by atoms with Crippen LogP contribution in [0.2, 0.25) is 0 Å². The third kappa shape index (κ3) is 1.69. The van der Waals surface area contributed by atoms with Crippen molar-refractivity contribution in [1.29, 1.82) is 0 Å². The Bertz CT molecular complexity index is 492. The van der Waals surface area contributed by atoms with Gasteiger partial charge in [0.2, 0.25) is 0 Å². The Morgan fingerprint density at radius 1 is 1.50 bits per heavy atom. The number of Topliss-reactive ketones (excluding diaryl/α,β-unsaturated/α-hetero) is 1. The van der Waals surface area contributed by atoms with Crippen LogP contribution in [0, 0.1) is 0 Å². The van der Waals surface area contributed by atoms with Crippen molar-refractivity contribution < 1.29 is 4.79 Å². The van der Waals surface area contributed by atoms with E-state index < -0.39 is 0 Å². The minimum atomic E-state index is 0.175. The first-order chi connectivity index (χ1) is 7.83. The van der Waals surface area contributed by atoms with Gasteiger partial charge in [0.15, 0.2) is 5.78 Å². The molecule has 4 heteroatoms. The highest BCUT2D eigenvalue weighted by Gasteiger charge is 2.18. The number of imidazole rings is 1. The standard InChI is InChI=1S/C12H12N2OS/c15-9(7-12-13-4-5-14-12)11-6-8-2-1-3-10(8)16-11/h4-6H,1-3,7H2,(H,13,14). The number of carbonyl (C=O) groups is 1. The van der Waals surface area contributed by atoms with E-state index in [2.05, 4.69) is 16.0 Å². The van der Waals surface area contributed by atoms with Crippen LogP contribution in [0.25, 0.3) is 0 Å². The maximum atomic E-state index is 12.0. The SMILES string of the molecule is O=C(Cc1ncc[nH]1)c1cc2c(s1)CCC2. The summed E-state index contributed by atoms with van der Waals surface area (Å²) in [5, 5.41) is 0. The summed E-state index contributed by atoms with van der Waals surface area (Å²) in [5.41, 5.74) is 1.38. The van der Waals surface area contributed by atoms with Crippen LogP contribution in [-0.4, -0.2) is 15.8 Å². The first-order valence-electron chi connectivity index (χ1n) is 5.46. The number of hydrogen-bond donors (Lipinski definition) is 1. The smallest absolute Gasteiger partial charge is 0.180 e. The van der Waals surface area contributed by atoms with E-state index in [1.807, 2.05) is 0 Å². The molecule has 0 saturated heterocycles. The van der Waals surface area contributed by atoms with Gasteiger partial charge in [-0.25, -0.2) is 4.98 Å². The van der Waals surface area contributed by atoms with Crippen LogP contribution < -0.4 is 0 Å². The van der Waals surface area contributed by atoms with Gasteiger partial charge in [0.05, 0.1) is 11.3 Å². The minimum Gasteiger partial charge on any atom is -0.348 e. The fourth-order valence-corrected chi connectivity index (χ4v) is 3.29. The van der Waals surface area contributed by atoms with Gasteiger partial charge in [-0.3, -0.25) is 4.79 Å². The van der Waals surface area contributed by atoms with Crippen LogP contribution in [0.5, 0.6) is 0 Å². The molecule has 16 heavy (non-hydrogen) atoms. The lowest BCUT2D eigenvalue weighted by molar-refractivity contribution is 0.0995. The molecule has 0 amide bonds. The largest absolute Gasteiger partial charge is 0.348 e. The van der Waals surface area contributed by atoms with Crippen molar-refractivity contribution in [3.63, 3.8) is 0 Å². The lowest BCUT2D eigenvalue weighted by atomic mass is 10.2. The minimum absolute atomic E-state index is 0.175. The van der Waals surface area contributed by atoms with Crippen LogP contribution in [0.4, 0.5) is 0 Å². The summed E-state index contributed by atoms with van der Waals surface area (Å²) in [6.07, 6.45) is 7.34. The normalized spacial score (nSPS) is 14.0. The van der Waals surface area contributed by atoms with E-state index in [-0.39, 0.29) is 5.78 Å². The zero-order valence-electron chi connectivity index (χ0n) is 8.82. The summed E-state index contributed by atoms with van der Waals surface area (Å²) >= 11 is 1.66. The van der Waals surface area contributed by atoms with Gasteiger partial charge in [0, 0.05) is 17.3 Å². The molecule has 0 saturated carbocycles. The third-order valence-corrected chi connectivity index (χ3v) is 4.18. The number of aryl methyl sites for hydroxylation is 2. The molecule has 1 aliphatic carbocycles. The molecule has 0 atom stereocenters. The molecule has 2 aromatic heterocycles. The number of nitrogens with one attached hydrogen (secondary N) is 1. The Morgan fingerprint density at radius 3 is 3.19 bits per heavy atom. The molecule has 1 aliphatic rings. The molecule has 0 unspecified atom stereocenters. The number of rotatable bonds is 3. The van der Waals surface area contributed by atoms with Crippen molar-refractivity contribution >= 4 is 17.1 Å². The zero-order valence-corrected chi connectivity index (χ0v) is 9.64. The Morgan fingerprint density at radius 2 is 2.44 bits per heavy atom. The molecule has 0 aliphatic heterocycles. The first kappa shape index (κ1) is 9.78. The van der Waals surface area contributed by atoms with Crippen molar-refractivity contribution in [1.82, 2.24) is 9.97 Å². The molecule has 0 fully saturated rings. The van der Waals surface area contributed by atoms with Crippen molar-refractivity contribution in [2.75, 3.05) is 0 Å². The number of hydrogen-bond acceptors (Lipinski definition) is 3. The number of aromatic amines is 1. The molecule has 82 valence electrons. The van der Waals surface area contributed by atoms with E-state index in [1.54, 1.807) is 23.7 Å². The van der Waals surface area contributed by atoms with E-state index in [4.69, 9.17) is 0 Å². The highest BCUT2D eigenvalue weighted by molar-refractivity contribution is 7.14. The molecule has 3 rings (SSSR count). The molecule has 2 aromatic rings. The quantitative estimate of drug-likeness (QED) is 0.826. The molecule has 1 N–H and O–H groups in total. The monoisotopic (exact) mass is 232 g/mol. The summed E-state index contributed by atoms with van der Waals surface area (Å²) < 4.78 is 0. The summed E-state index contributed by atoms with van der Waals surface area (Å²) in [6.45, 7) is 0. The number of thiophene rings is 1. The van der Waals surface area contributed by atoms with E-state index in [9.17, 15) is 4.79 Å². The Hall–Kier alpha value is -1.42. The van der Waals surface area contributed by atoms with Crippen LogP contribution in [-0.2, 0) is 19.3 Å². The zero-order chi connectivity index (χ0) is 11.0. The van der Waals surface area contributed by atoms with Crippen LogP contribution in [0.15, 0.2) is 18.5 Å². The van der Waals surface area contributed by atoms with Crippen molar-refractivity contribution in [2.45, 2.75) is 25.7 Å². The van der Waals surface area contributed by atoms with Crippen molar-refractivity contribution in [3.8, 4) is 0 Å². The van der Waals surface area contributed by atoms with Gasteiger partial charge >= 0.3 is 0 Å². The second-order valence-electron chi connectivity index (χ2n) is 4.05. The number of aromatic nitrogens is 2. The number of fused-ring (bicyclic) bond motifs is 1. The Kier molecular flexibility index (Phi) is 2.36. The van der Waals surface area contributed by atoms with Gasteiger partial charge in [0.1, 0.15) is 5.82 Å². The highest BCUT2D eigenvalue weighted by atomic mass is 32.1. The average molecular weight is 232 g/mol. The molecular formula is C12H12N2OS. The molecule has 3 nitrogen and oxygen atoms in total. The van der Waals surface area contributed by atoms with Gasteiger partial charge in [-0.15, -0.1) is 11.3 Å². The summed E-state index contributed by atoms with van der Waals surface area (Å²) in [7, 11) is 0. The first-order valence-corrected chi connectivity index (χ1v) is 6.27. The number of carbonyl (C=O) groups excluding carboxylic acids is 1. The predicted molar refractivity (Wildman–Crippen MR) is 63.0 cm³/mol. The number of nitrogens with zero attached hydrogens (tertiary/aromatic N) is 1. The lowest BCUT2D eigenvalue weighted by Gasteiger charge is -1.94. The van der Waals surface area contributed by atoms with Crippen LogP contribution in [0.3, 0.4) is 0 Å². The summed E-state index contributed by atoms with van der Waals surface area (Å²) in [4.78, 5) is 21.3. The van der Waals surface area contributed by atoms with E-state index in [1.165, 1.54) is 16.9 Å². The fourth-order valence-electron chi connectivity index (χ4n) is 2.10. The van der Waals surface area contributed by atoms with Gasteiger partial charge < -0.3 is 4.98 Å². The maximum Gasteiger partial charge on any atom is 0.180 e. The van der Waals surface area contributed by atoms with Crippen LogP contribution >= 0.6 is 11.3 Å². The Labute approximate surface area is 97.5 Å². The van der Waals surface area contributed by atoms with Gasteiger partial charge in [0.25, 0.3) is 0 Å². The van der Waals surface area contributed by atoms with Crippen molar-refractivity contribution in [3.05, 3.63) is 39.6 Å².